The molecule has 0 radical (unpaired) electrons. The molecule has 0 aromatic heterocycles. The molecule has 0 saturated heterocycles. The third kappa shape index (κ3) is 6.66. The molecule has 0 bridgehead atoms. The van der Waals surface area contributed by atoms with Gasteiger partial charge in [0.15, 0.2) is 0 Å². The maximum absolute atomic E-state index is 3.34. The van der Waals surface area contributed by atoms with Gasteiger partial charge in [-0.1, -0.05) is 46.0 Å². The fourth-order valence-electron chi connectivity index (χ4n) is 1.55. The highest BCUT2D eigenvalue weighted by atomic mass is 14.9. The van der Waals surface area contributed by atoms with Crippen molar-refractivity contribution >= 4 is 0 Å². The largest absolute Gasteiger partial charge is 0.317 e. The quantitative estimate of drug-likeness (QED) is 0.552. The zero-order valence-corrected chi connectivity index (χ0v) is 9.03. The van der Waals surface area contributed by atoms with E-state index in [1.165, 1.54) is 44.9 Å². The second kappa shape index (κ2) is 9.05. The molecule has 0 heterocycles. The van der Waals surface area contributed by atoms with Crippen molar-refractivity contribution in [1.82, 2.24) is 5.32 Å². The van der Waals surface area contributed by atoms with Crippen LogP contribution in [0.2, 0.25) is 0 Å². The summed E-state index contributed by atoms with van der Waals surface area (Å²) in [4.78, 5) is 0. The average molecular weight is 171 g/mol. The Hall–Kier alpha value is -0.0400. The topological polar surface area (TPSA) is 12.0 Å². The number of hydrogen-bond acceptors (Lipinski definition) is 1. The van der Waals surface area contributed by atoms with Crippen LogP contribution >= 0.6 is 0 Å². The van der Waals surface area contributed by atoms with Gasteiger partial charge in [0.25, 0.3) is 0 Å². The van der Waals surface area contributed by atoms with Crippen LogP contribution in [0.5, 0.6) is 0 Å². The molecule has 0 aromatic carbocycles. The van der Waals surface area contributed by atoms with Crippen LogP contribution in [0.3, 0.4) is 0 Å². The summed E-state index contributed by atoms with van der Waals surface area (Å²) in [6.07, 6.45) is 9.64. The molecule has 0 spiro atoms. The molecule has 0 fully saturated rings. The van der Waals surface area contributed by atoms with E-state index in [1.54, 1.807) is 0 Å². The maximum atomic E-state index is 3.34. The lowest BCUT2D eigenvalue weighted by Crippen LogP contribution is -2.23. The summed E-state index contributed by atoms with van der Waals surface area (Å²) in [7, 11) is 2.07. The average Bonchev–Trinajstić information content (AvgIpc) is 2.11. The summed E-state index contributed by atoms with van der Waals surface area (Å²) in [6, 6.07) is 0.756. The fourth-order valence-corrected chi connectivity index (χ4v) is 1.55. The molecule has 0 saturated carbocycles. The molecular formula is C11H25N. The van der Waals surface area contributed by atoms with E-state index in [9.17, 15) is 0 Å². The van der Waals surface area contributed by atoms with Gasteiger partial charge in [0, 0.05) is 6.04 Å². The van der Waals surface area contributed by atoms with E-state index in [1.807, 2.05) is 0 Å². The van der Waals surface area contributed by atoms with Crippen LogP contribution in [-0.4, -0.2) is 13.1 Å². The second-order valence-electron chi connectivity index (χ2n) is 3.60. The Balaban J connectivity index is 3.06. The van der Waals surface area contributed by atoms with E-state index in [4.69, 9.17) is 0 Å². The smallest absolute Gasteiger partial charge is 0.00614 e. The van der Waals surface area contributed by atoms with Gasteiger partial charge < -0.3 is 5.32 Å². The molecule has 1 nitrogen and oxygen atoms in total. The molecule has 1 atom stereocenters. The van der Waals surface area contributed by atoms with Crippen LogP contribution in [0.4, 0.5) is 0 Å². The van der Waals surface area contributed by atoms with E-state index >= 15 is 0 Å². The molecule has 1 N–H and O–H groups in total. The van der Waals surface area contributed by atoms with Gasteiger partial charge >= 0.3 is 0 Å². The molecule has 1 unspecified atom stereocenters. The molecular weight excluding hydrogens is 146 g/mol. The zero-order chi connectivity index (χ0) is 9.23. The Morgan fingerprint density at radius 3 is 2.17 bits per heavy atom. The number of rotatable bonds is 8. The highest BCUT2D eigenvalue weighted by molar-refractivity contribution is 4.61. The molecule has 0 amide bonds. The minimum absolute atomic E-state index is 0.756. The van der Waals surface area contributed by atoms with Gasteiger partial charge in [-0.3, -0.25) is 0 Å². The minimum Gasteiger partial charge on any atom is -0.317 e. The van der Waals surface area contributed by atoms with Crippen LogP contribution in [0.1, 0.15) is 58.8 Å². The lowest BCUT2D eigenvalue weighted by atomic mass is 10.1. The molecule has 1 heteroatoms. The van der Waals surface area contributed by atoms with Crippen LogP contribution in [-0.2, 0) is 0 Å². The standard InChI is InChI=1S/C11H25N/c1-4-6-7-8-9-10-11(5-2)12-3/h11-12H,4-10H2,1-3H3. The Labute approximate surface area is 77.9 Å². The molecule has 12 heavy (non-hydrogen) atoms. The van der Waals surface area contributed by atoms with Gasteiger partial charge in [-0.05, 0) is 19.9 Å². The van der Waals surface area contributed by atoms with Gasteiger partial charge in [-0.15, -0.1) is 0 Å². The Morgan fingerprint density at radius 2 is 1.67 bits per heavy atom. The SMILES string of the molecule is CCCCCCCC(CC)NC. The van der Waals surface area contributed by atoms with E-state index in [0.717, 1.165) is 6.04 Å². The highest BCUT2D eigenvalue weighted by Gasteiger charge is 2.00. The van der Waals surface area contributed by atoms with Gasteiger partial charge in [0.2, 0.25) is 0 Å². The monoisotopic (exact) mass is 171 g/mol. The summed E-state index contributed by atoms with van der Waals surface area (Å²) in [5.41, 5.74) is 0. The van der Waals surface area contributed by atoms with Gasteiger partial charge in [0.1, 0.15) is 0 Å². The zero-order valence-electron chi connectivity index (χ0n) is 9.03. The minimum atomic E-state index is 0.756. The molecule has 74 valence electrons. The van der Waals surface area contributed by atoms with E-state index in [-0.39, 0.29) is 0 Å². The normalized spacial score (nSPS) is 13.2. The number of unbranched alkanes of at least 4 members (excludes halogenated alkanes) is 4. The summed E-state index contributed by atoms with van der Waals surface area (Å²) >= 11 is 0. The van der Waals surface area contributed by atoms with Gasteiger partial charge in [-0.2, -0.15) is 0 Å². The van der Waals surface area contributed by atoms with Crippen molar-refractivity contribution in [1.29, 1.82) is 0 Å². The predicted octanol–water partition coefficient (Wildman–Crippen LogP) is 3.34. The van der Waals surface area contributed by atoms with Crippen molar-refractivity contribution in [3.63, 3.8) is 0 Å². The van der Waals surface area contributed by atoms with Gasteiger partial charge in [0.05, 0.1) is 0 Å². The van der Waals surface area contributed by atoms with Crippen molar-refractivity contribution in [2.45, 2.75) is 64.8 Å². The van der Waals surface area contributed by atoms with E-state index in [0.29, 0.717) is 0 Å². The number of hydrogen-bond donors (Lipinski definition) is 1. The van der Waals surface area contributed by atoms with Crippen molar-refractivity contribution in [3.05, 3.63) is 0 Å². The second-order valence-corrected chi connectivity index (χ2v) is 3.60. The molecule has 0 rings (SSSR count). The third-order valence-corrected chi connectivity index (χ3v) is 2.56. The molecule has 0 aliphatic heterocycles. The van der Waals surface area contributed by atoms with Crippen LogP contribution < -0.4 is 5.32 Å². The summed E-state index contributed by atoms with van der Waals surface area (Å²) in [5.74, 6) is 0. The Morgan fingerprint density at radius 1 is 1.00 bits per heavy atom. The predicted molar refractivity (Wildman–Crippen MR) is 56.5 cm³/mol. The molecule has 0 aliphatic carbocycles. The van der Waals surface area contributed by atoms with Crippen molar-refractivity contribution in [2.75, 3.05) is 7.05 Å². The first-order valence-electron chi connectivity index (χ1n) is 5.52. The lowest BCUT2D eigenvalue weighted by Gasteiger charge is -2.12. The van der Waals surface area contributed by atoms with Crippen LogP contribution in [0.15, 0.2) is 0 Å². The first-order valence-corrected chi connectivity index (χ1v) is 5.52. The maximum Gasteiger partial charge on any atom is 0.00614 e. The summed E-state index contributed by atoms with van der Waals surface area (Å²) < 4.78 is 0. The first-order chi connectivity index (χ1) is 5.85. The Bertz CT molecular complexity index is 77.1. The summed E-state index contributed by atoms with van der Waals surface area (Å²) in [6.45, 7) is 4.52. The van der Waals surface area contributed by atoms with E-state index < -0.39 is 0 Å². The van der Waals surface area contributed by atoms with Crippen molar-refractivity contribution in [3.8, 4) is 0 Å². The van der Waals surface area contributed by atoms with Crippen LogP contribution in [0.25, 0.3) is 0 Å². The highest BCUT2D eigenvalue weighted by Crippen LogP contribution is 2.08. The third-order valence-electron chi connectivity index (χ3n) is 2.56. The molecule has 0 aliphatic rings. The van der Waals surface area contributed by atoms with E-state index in [2.05, 4.69) is 26.2 Å². The fraction of sp³-hybridized carbons (Fsp3) is 1.00. The van der Waals surface area contributed by atoms with Gasteiger partial charge in [-0.25, -0.2) is 0 Å². The summed E-state index contributed by atoms with van der Waals surface area (Å²) in [5, 5.41) is 3.34. The van der Waals surface area contributed by atoms with Crippen LogP contribution in [0, 0.1) is 0 Å². The Kier molecular flexibility index (Phi) is 9.02. The molecule has 0 aromatic rings. The van der Waals surface area contributed by atoms with Crippen molar-refractivity contribution in [2.24, 2.45) is 0 Å². The van der Waals surface area contributed by atoms with Crippen molar-refractivity contribution < 1.29 is 0 Å². The lowest BCUT2D eigenvalue weighted by molar-refractivity contribution is 0.473. The number of nitrogens with one attached hydrogen (secondary N) is 1. The first kappa shape index (κ1) is 12.0.